The highest BCUT2D eigenvalue weighted by Gasteiger charge is 2.25. The summed E-state index contributed by atoms with van der Waals surface area (Å²) >= 11 is 9.49. The third-order valence-electron chi connectivity index (χ3n) is 2.98. The number of halogens is 3. The van der Waals surface area contributed by atoms with Gasteiger partial charge in [0.25, 0.3) is 0 Å². The third-order valence-corrected chi connectivity index (χ3v) is 3.87. The molecule has 1 heterocycles. The largest absolute Gasteiger partial charge is 0.368 e. The van der Waals surface area contributed by atoms with Crippen molar-refractivity contribution in [2.45, 2.75) is 19.4 Å². The van der Waals surface area contributed by atoms with Crippen LogP contribution in [0.4, 0.5) is 10.1 Å². The monoisotopic (exact) mass is 320 g/mol. The van der Waals surface area contributed by atoms with Crippen molar-refractivity contribution in [2.75, 3.05) is 24.5 Å². The van der Waals surface area contributed by atoms with Crippen LogP contribution < -0.4 is 10.2 Å². The molecule has 2 nitrogen and oxygen atoms in total. The van der Waals surface area contributed by atoms with Gasteiger partial charge in [0.05, 0.1) is 10.7 Å². The lowest BCUT2D eigenvalue weighted by Crippen LogP contribution is -2.32. The molecule has 0 radical (unpaired) electrons. The van der Waals surface area contributed by atoms with Crippen LogP contribution in [-0.2, 0) is 0 Å². The van der Waals surface area contributed by atoms with Gasteiger partial charge >= 0.3 is 0 Å². The van der Waals surface area contributed by atoms with Crippen molar-refractivity contribution in [2.24, 2.45) is 0 Å². The van der Waals surface area contributed by atoms with Crippen molar-refractivity contribution in [1.82, 2.24) is 5.32 Å². The first-order chi connectivity index (χ1) is 8.11. The van der Waals surface area contributed by atoms with E-state index in [4.69, 9.17) is 11.6 Å². The smallest absolute Gasteiger partial charge is 0.125 e. The molecule has 0 bridgehead atoms. The molecule has 5 heteroatoms. The van der Waals surface area contributed by atoms with E-state index in [-0.39, 0.29) is 5.82 Å². The molecule has 1 aromatic carbocycles. The Bertz CT molecular complexity index is 390. The van der Waals surface area contributed by atoms with Crippen LogP contribution in [0.1, 0.15) is 13.3 Å². The number of hydrogen-bond donors (Lipinski definition) is 1. The van der Waals surface area contributed by atoms with Crippen LogP contribution in [-0.4, -0.2) is 25.7 Å². The molecule has 0 spiro atoms. The van der Waals surface area contributed by atoms with E-state index >= 15 is 0 Å². The van der Waals surface area contributed by atoms with E-state index in [1.54, 1.807) is 0 Å². The molecule has 1 aromatic rings. The van der Waals surface area contributed by atoms with Crippen LogP contribution in [0.2, 0.25) is 5.02 Å². The van der Waals surface area contributed by atoms with E-state index in [0.717, 1.165) is 36.2 Å². The van der Waals surface area contributed by atoms with E-state index in [1.807, 2.05) is 0 Å². The maximum absolute atomic E-state index is 13.1. The summed E-state index contributed by atoms with van der Waals surface area (Å²) in [6.45, 7) is 4.93. The van der Waals surface area contributed by atoms with Gasteiger partial charge in [-0.15, -0.1) is 0 Å². The van der Waals surface area contributed by atoms with Gasteiger partial charge in [-0.3, -0.25) is 0 Å². The minimum atomic E-state index is -0.312. The molecule has 1 fully saturated rings. The molecule has 1 saturated heterocycles. The summed E-state index contributed by atoms with van der Waals surface area (Å²) in [7, 11) is 0. The summed E-state index contributed by atoms with van der Waals surface area (Å²) < 4.78 is 13.9. The number of benzene rings is 1. The lowest BCUT2D eigenvalue weighted by molar-refractivity contribution is 0.572. The summed E-state index contributed by atoms with van der Waals surface area (Å²) in [4.78, 5) is 2.19. The fraction of sp³-hybridized carbons (Fsp3) is 0.500. The molecule has 0 aromatic heterocycles. The Morgan fingerprint density at radius 1 is 1.59 bits per heavy atom. The minimum absolute atomic E-state index is 0.312. The Hall–Kier alpha value is -0.320. The number of hydrogen-bond acceptors (Lipinski definition) is 2. The molecule has 17 heavy (non-hydrogen) atoms. The molecule has 0 saturated carbocycles. The SMILES string of the molecule is CCNC1CCN(c2c(Cl)cc(F)cc2Br)C1. The van der Waals surface area contributed by atoms with Crippen LogP contribution in [0.3, 0.4) is 0 Å². The van der Waals surface area contributed by atoms with Gasteiger partial charge in [0, 0.05) is 23.6 Å². The van der Waals surface area contributed by atoms with Gasteiger partial charge in [0.15, 0.2) is 0 Å². The molecule has 0 aliphatic carbocycles. The van der Waals surface area contributed by atoms with Crippen LogP contribution in [0.25, 0.3) is 0 Å². The highest BCUT2D eigenvalue weighted by molar-refractivity contribution is 9.10. The summed E-state index contributed by atoms with van der Waals surface area (Å²) in [5, 5.41) is 3.89. The van der Waals surface area contributed by atoms with Gasteiger partial charge in [-0.25, -0.2) is 4.39 Å². The normalized spacial score (nSPS) is 20.0. The lowest BCUT2D eigenvalue weighted by atomic mass is 10.2. The standard InChI is InChI=1S/C12H15BrClFN2/c1-2-16-9-3-4-17(7-9)12-10(13)5-8(15)6-11(12)14/h5-6,9,16H,2-4,7H2,1H3. The van der Waals surface area contributed by atoms with Crippen LogP contribution in [0, 0.1) is 5.82 Å². The number of nitrogens with zero attached hydrogens (tertiary/aromatic N) is 1. The Morgan fingerprint density at radius 2 is 2.35 bits per heavy atom. The Labute approximate surface area is 114 Å². The Balaban J connectivity index is 2.19. The second kappa shape index (κ2) is 5.55. The van der Waals surface area contributed by atoms with Gasteiger partial charge in [0.2, 0.25) is 0 Å². The quantitative estimate of drug-likeness (QED) is 0.917. The average molecular weight is 322 g/mol. The molecule has 1 N–H and O–H groups in total. The van der Waals surface area contributed by atoms with Crippen LogP contribution >= 0.6 is 27.5 Å². The molecule has 2 rings (SSSR count). The molecule has 1 atom stereocenters. The van der Waals surface area contributed by atoms with Crippen molar-refractivity contribution in [3.63, 3.8) is 0 Å². The van der Waals surface area contributed by atoms with Crippen LogP contribution in [0.5, 0.6) is 0 Å². The zero-order valence-corrected chi connectivity index (χ0v) is 12.0. The first kappa shape index (κ1) is 13.1. The predicted molar refractivity (Wildman–Crippen MR) is 73.4 cm³/mol. The molecule has 0 amide bonds. The molecule has 1 aliphatic heterocycles. The van der Waals surface area contributed by atoms with E-state index in [2.05, 4.69) is 33.1 Å². The van der Waals surface area contributed by atoms with E-state index in [1.165, 1.54) is 12.1 Å². The maximum atomic E-state index is 13.1. The topological polar surface area (TPSA) is 15.3 Å². The lowest BCUT2D eigenvalue weighted by Gasteiger charge is -2.21. The fourth-order valence-electron chi connectivity index (χ4n) is 2.26. The highest BCUT2D eigenvalue weighted by Crippen LogP contribution is 2.36. The van der Waals surface area contributed by atoms with E-state index in [9.17, 15) is 4.39 Å². The van der Waals surface area contributed by atoms with Crippen molar-refractivity contribution in [3.05, 3.63) is 27.4 Å². The number of anilines is 1. The first-order valence-corrected chi connectivity index (χ1v) is 6.91. The predicted octanol–water partition coefficient (Wildman–Crippen LogP) is 3.43. The average Bonchev–Trinajstić information content (AvgIpc) is 2.65. The summed E-state index contributed by atoms with van der Waals surface area (Å²) in [5.41, 5.74) is 0.897. The molecule has 1 aliphatic rings. The minimum Gasteiger partial charge on any atom is -0.368 e. The summed E-state index contributed by atoms with van der Waals surface area (Å²) in [5.74, 6) is -0.312. The molecular weight excluding hydrogens is 307 g/mol. The Kier molecular flexibility index (Phi) is 4.28. The number of nitrogens with one attached hydrogen (secondary N) is 1. The van der Waals surface area contributed by atoms with Crippen molar-refractivity contribution >= 4 is 33.2 Å². The van der Waals surface area contributed by atoms with Crippen molar-refractivity contribution in [3.8, 4) is 0 Å². The second-order valence-corrected chi connectivity index (χ2v) is 5.47. The van der Waals surface area contributed by atoms with E-state index < -0.39 is 0 Å². The molecule has 1 unspecified atom stereocenters. The Morgan fingerprint density at radius 3 is 3.00 bits per heavy atom. The van der Waals surface area contributed by atoms with Gasteiger partial charge in [-0.05, 0) is 41.0 Å². The fourth-order valence-corrected chi connectivity index (χ4v) is 3.38. The van der Waals surface area contributed by atoms with Gasteiger partial charge < -0.3 is 10.2 Å². The summed E-state index contributed by atoms with van der Waals surface area (Å²) in [6.07, 6.45) is 1.09. The zero-order valence-electron chi connectivity index (χ0n) is 9.64. The first-order valence-electron chi connectivity index (χ1n) is 5.74. The van der Waals surface area contributed by atoms with Crippen molar-refractivity contribution in [1.29, 1.82) is 0 Å². The van der Waals surface area contributed by atoms with E-state index in [0.29, 0.717) is 11.1 Å². The van der Waals surface area contributed by atoms with Crippen molar-refractivity contribution < 1.29 is 4.39 Å². The maximum Gasteiger partial charge on any atom is 0.125 e. The van der Waals surface area contributed by atoms with Gasteiger partial charge in [-0.2, -0.15) is 0 Å². The summed E-state index contributed by atoms with van der Waals surface area (Å²) in [6, 6.07) is 3.32. The second-order valence-electron chi connectivity index (χ2n) is 4.21. The zero-order chi connectivity index (χ0) is 12.4. The van der Waals surface area contributed by atoms with Crippen LogP contribution in [0.15, 0.2) is 16.6 Å². The number of likely N-dealkylation sites (N-methyl/N-ethyl adjacent to an activating group) is 1. The molecular formula is C12H15BrClFN2. The van der Waals surface area contributed by atoms with Gasteiger partial charge in [-0.1, -0.05) is 18.5 Å². The third kappa shape index (κ3) is 2.92. The van der Waals surface area contributed by atoms with Gasteiger partial charge in [0.1, 0.15) is 5.82 Å². The highest BCUT2D eigenvalue weighted by atomic mass is 79.9. The number of rotatable bonds is 3. The molecule has 94 valence electrons.